The maximum atomic E-state index is 5.48. The van der Waals surface area contributed by atoms with Crippen molar-refractivity contribution in [3.63, 3.8) is 0 Å². The molecule has 2 N–H and O–H groups in total. The SMILES string of the molecule is NCc1ncoc1-c1ccoc1Br. The van der Waals surface area contributed by atoms with Crippen LogP contribution in [0.15, 0.2) is 32.2 Å². The number of furan rings is 1. The Labute approximate surface area is 82.9 Å². The predicted molar refractivity (Wildman–Crippen MR) is 49.8 cm³/mol. The van der Waals surface area contributed by atoms with Gasteiger partial charge in [0.15, 0.2) is 16.8 Å². The number of halogens is 1. The molecule has 0 saturated heterocycles. The number of rotatable bonds is 2. The summed E-state index contributed by atoms with van der Waals surface area (Å²) in [5.74, 6) is 0.656. The van der Waals surface area contributed by atoms with E-state index in [4.69, 9.17) is 14.6 Å². The van der Waals surface area contributed by atoms with Gasteiger partial charge in [-0.1, -0.05) is 0 Å². The molecular formula is C8H7BrN2O2. The highest BCUT2D eigenvalue weighted by Gasteiger charge is 2.14. The average Bonchev–Trinajstić information content (AvgIpc) is 2.71. The number of oxazole rings is 1. The van der Waals surface area contributed by atoms with Crippen molar-refractivity contribution >= 4 is 15.9 Å². The van der Waals surface area contributed by atoms with Crippen molar-refractivity contribution < 1.29 is 8.83 Å². The Balaban J connectivity index is 2.52. The van der Waals surface area contributed by atoms with Gasteiger partial charge in [0.2, 0.25) is 0 Å². The van der Waals surface area contributed by atoms with Crippen molar-refractivity contribution in [2.45, 2.75) is 6.54 Å². The van der Waals surface area contributed by atoms with E-state index in [0.29, 0.717) is 17.0 Å². The molecule has 4 nitrogen and oxygen atoms in total. The third-order valence-electron chi connectivity index (χ3n) is 1.70. The first-order valence-electron chi connectivity index (χ1n) is 3.68. The van der Waals surface area contributed by atoms with Crippen molar-refractivity contribution in [2.75, 3.05) is 0 Å². The average molecular weight is 243 g/mol. The summed E-state index contributed by atoms with van der Waals surface area (Å²) in [5.41, 5.74) is 7.04. The normalized spacial score (nSPS) is 10.6. The van der Waals surface area contributed by atoms with E-state index in [9.17, 15) is 0 Å². The molecule has 0 radical (unpaired) electrons. The highest BCUT2D eigenvalue weighted by Crippen LogP contribution is 2.30. The monoisotopic (exact) mass is 242 g/mol. The second kappa shape index (κ2) is 3.35. The standard InChI is InChI=1S/C8H7BrN2O2/c9-8-5(1-2-12-8)7-6(3-10)11-4-13-7/h1-2,4H,3,10H2. The first kappa shape index (κ1) is 8.52. The van der Waals surface area contributed by atoms with Crippen LogP contribution in [0.3, 0.4) is 0 Å². The number of aromatic nitrogens is 1. The van der Waals surface area contributed by atoms with Crippen molar-refractivity contribution in [3.05, 3.63) is 29.1 Å². The molecule has 13 heavy (non-hydrogen) atoms. The maximum Gasteiger partial charge on any atom is 0.181 e. The molecule has 5 heteroatoms. The quantitative estimate of drug-likeness (QED) is 0.877. The highest BCUT2D eigenvalue weighted by molar-refractivity contribution is 9.10. The Morgan fingerprint density at radius 3 is 2.92 bits per heavy atom. The van der Waals surface area contributed by atoms with Crippen LogP contribution in [0.25, 0.3) is 11.3 Å². The van der Waals surface area contributed by atoms with Gasteiger partial charge in [-0.2, -0.15) is 0 Å². The molecule has 0 unspecified atom stereocenters. The Kier molecular flexibility index (Phi) is 2.20. The largest absolute Gasteiger partial charge is 0.457 e. The van der Waals surface area contributed by atoms with Gasteiger partial charge in [0, 0.05) is 6.54 Å². The van der Waals surface area contributed by atoms with Crippen LogP contribution in [0.1, 0.15) is 5.69 Å². The minimum Gasteiger partial charge on any atom is -0.457 e. The van der Waals surface area contributed by atoms with Crippen LogP contribution in [-0.4, -0.2) is 4.98 Å². The molecule has 0 bridgehead atoms. The van der Waals surface area contributed by atoms with Crippen molar-refractivity contribution in [1.82, 2.24) is 4.98 Å². The molecule has 0 atom stereocenters. The molecular weight excluding hydrogens is 236 g/mol. The lowest BCUT2D eigenvalue weighted by Gasteiger charge is -1.94. The molecule has 2 aromatic heterocycles. The fourth-order valence-electron chi connectivity index (χ4n) is 1.09. The van der Waals surface area contributed by atoms with Crippen LogP contribution in [-0.2, 0) is 6.54 Å². The summed E-state index contributed by atoms with van der Waals surface area (Å²) in [7, 11) is 0. The third-order valence-corrected chi connectivity index (χ3v) is 2.31. The molecule has 0 amide bonds. The van der Waals surface area contributed by atoms with Gasteiger partial charge in [0.05, 0.1) is 11.8 Å². The van der Waals surface area contributed by atoms with E-state index in [0.717, 1.165) is 11.3 Å². The molecule has 0 aliphatic heterocycles. The van der Waals surface area contributed by atoms with Gasteiger partial charge in [-0.3, -0.25) is 0 Å². The van der Waals surface area contributed by atoms with Crippen molar-refractivity contribution in [3.8, 4) is 11.3 Å². The molecule has 0 spiro atoms. The minimum atomic E-state index is 0.351. The van der Waals surface area contributed by atoms with Gasteiger partial charge < -0.3 is 14.6 Å². The van der Waals surface area contributed by atoms with Crippen molar-refractivity contribution in [1.29, 1.82) is 0 Å². The number of nitrogens with two attached hydrogens (primary N) is 1. The Morgan fingerprint density at radius 1 is 1.46 bits per heavy atom. The summed E-state index contributed by atoms with van der Waals surface area (Å²) in [6.45, 7) is 0.351. The van der Waals surface area contributed by atoms with E-state index in [1.807, 2.05) is 0 Å². The summed E-state index contributed by atoms with van der Waals surface area (Å²) >= 11 is 3.26. The van der Waals surface area contributed by atoms with Crippen LogP contribution in [0, 0.1) is 0 Å². The zero-order valence-corrected chi connectivity index (χ0v) is 8.24. The summed E-state index contributed by atoms with van der Waals surface area (Å²) in [5, 5.41) is 0. The summed E-state index contributed by atoms with van der Waals surface area (Å²) in [6.07, 6.45) is 2.94. The molecule has 0 saturated carbocycles. The summed E-state index contributed by atoms with van der Waals surface area (Å²) in [4.78, 5) is 3.98. The Bertz CT molecular complexity index is 408. The van der Waals surface area contributed by atoms with Crippen molar-refractivity contribution in [2.24, 2.45) is 5.73 Å². The predicted octanol–water partition coefficient (Wildman–Crippen LogP) is 2.16. The summed E-state index contributed by atoms with van der Waals surface area (Å²) < 4.78 is 10.9. The third kappa shape index (κ3) is 1.40. The molecule has 0 aliphatic rings. The smallest absolute Gasteiger partial charge is 0.181 e. The van der Waals surface area contributed by atoms with Crippen LogP contribution < -0.4 is 5.73 Å². The first-order chi connectivity index (χ1) is 6.33. The lowest BCUT2D eigenvalue weighted by atomic mass is 10.2. The molecule has 2 aromatic rings. The van der Waals surface area contributed by atoms with Gasteiger partial charge in [0.1, 0.15) is 5.69 Å². The van der Waals surface area contributed by atoms with E-state index in [1.165, 1.54) is 6.39 Å². The van der Waals surface area contributed by atoms with E-state index < -0.39 is 0 Å². The Hall–Kier alpha value is -1.07. The first-order valence-corrected chi connectivity index (χ1v) is 4.48. The minimum absolute atomic E-state index is 0.351. The lowest BCUT2D eigenvalue weighted by molar-refractivity contribution is 0.536. The summed E-state index contributed by atoms with van der Waals surface area (Å²) in [6, 6.07) is 1.80. The van der Waals surface area contributed by atoms with E-state index in [-0.39, 0.29) is 0 Å². The second-order valence-electron chi connectivity index (χ2n) is 2.44. The molecule has 2 heterocycles. The molecule has 0 aliphatic carbocycles. The van der Waals surface area contributed by atoms with E-state index in [1.54, 1.807) is 12.3 Å². The fourth-order valence-corrected chi connectivity index (χ4v) is 1.51. The molecule has 68 valence electrons. The second-order valence-corrected chi connectivity index (χ2v) is 3.16. The number of hydrogen-bond donors (Lipinski definition) is 1. The van der Waals surface area contributed by atoms with Gasteiger partial charge in [-0.05, 0) is 22.0 Å². The number of hydrogen-bond acceptors (Lipinski definition) is 4. The van der Waals surface area contributed by atoms with Gasteiger partial charge in [-0.25, -0.2) is 4.98 Å². The van der Waals surface area contributed by atoms with Crippen LogP contribution in [0.4, 0.5) is 0 Å². The lowest BCUT2D eigenvalue weighted by Crippen LogP contribution is -1.97. The van der Waals surface area contributed by atoms with Crippen LogP contribution >= 0.6 is 15.9 Å². The Morgan fingerprint density at radius 2 is 2.31 bits per heavy atom. The van der Waals surface area contributed by atoms with Gasteiger partial charge in [0.25, 0.3) is 0 Å². The van der Waals surface area contributed by atoms with Gasteiger partial charge >= 0.3 is 0 Å². The van der Waals surface area contributed by atoms with Gasteiger partial charge in [-0.15, -0.1) is 0 Å². The maximum absolute atomic E-state index is 5.48. The van der Waals surface area contributed by atoms with E-state index >= 15 is 0 Å². The van der Waals surface area contributed by atoms with E-state index in [2.05, 4.69) is 20.9 Å². The van der Waals surface area contributed by atoms with Crippen LogP contribution in [0.2, 0.25) is 0 Å². The zero-order valence-electron chi connectivity index (χ0n) is 6.66. The molecule has 0 aromatic carbocycles. The molecule has 0 fully saturated rings. The highest BCUT2D eigenvalue weighted by atomic mass is 79.9. The molecule has 2 rings (SSSR count). The number of nitrogens with zero attached hydrogens (tertiary/aromatic N) is 1. The fraction of sp³-hybridized carbons (Fsp3) is 0.125. The zero-order chi connectivity index (χ0) is 9.26. The van der Waals surface area contributed by atoms with Crippen LogP contribution in [0.5, 0.6) is 0 Å². The topological polar surface area (TPSA) is 65.2 Å².